The molecule has 2 rings (SSSR count). The molecule has 0 aliphatic carbocycles. The maximum absolute atomic E-state index is 11.5. The maximum Gasteiger partial charge on any atom is 0.226 e. The first-order valence-corrected chi connectivity index (χ1v) is 7.65. The Morgan fingerprint density at radius 3 is 3.00 bits per heavy atom. The smallest absolute Gasteiger partial charge is 0.226 e. The third-order valence-electron chi connectivity index (χ3n) is 3.64. The number of guanidine groups is 1. The molecule has 122 valence electrons. The lowest BCUT2D eigenvalue weighted by atomic mass is 10.1. The lowest BCUT2D eigenvalue weighted by Crippen LogP contribution is -2.51. The van der Waals surface area contributed by atoms with Crippen LogP contribution in [0.5, 0.6) is 0 Å². The average Bonchev–Trinajstić information content (AvgIpc) is 2.98. The summed E-state index contributed by atoms with van der Waals surface area (Å²) >= 11 is 0. The first-order valence-electron chi connectivity index (χ1n) is 7.65. The summed E-state index contributed by atoms with van der Waals surface area (Å²) in [6.07, 6.45) is 2.83. The number of rotatable bonds is 5. The van der Waals surface area contributed by atoms with E-state index >= 15 is 0 Å². The molecule has 1 aliphatic heterocycles. The van der Waals surface area contributed by atoms with Gasteiger partial charge >= 0.3 is 0 Å². The minimum absolute atomic E-state index is 0.199. The zero-order valence-electron chi connectivity index (χ0n) is 13.4. The fraction of sp³-hybridized carbons (Fsp3) is 0.714. The molecule has 1 atom stereocenters. The summed E-state index contributed by atoms with van der Waals surface area (Å²) in [5, 5.41) is 10.5. The predicted molar refractivity (Wildman–Crippen MR) is 82.5 cm³/mol. The zero-order valence-corrected chi connectivity index (χ0v) is 13.4. The van der Waals surface area contributed by atoms with Crippen LogP contribution >= 0.6 is 0 Å². The van der Waals surface area contributed by atoms with Crippen molar-refractivity contribution in [3.05, 3.63) is 11.7 Å². The Balaban J connectivity index is 1.74. The second-order valence-electron chi connectivity index (χ2n) is 5.36. The summed E-state index contributed by atoms with van der Waals surface area (Å²) in [5.74, 6) is 2.28. The normalized spacial score (nSPS) is 19.4. The predicted octanol–water partition coefficient (Wildman–Crippen LogP) is -0.0397. The topological polar surface area (TPSA) is 95.6 Å². The molecule has 0 spiro atoms. The van der Waals surface area contributed by atoms with E-state index in [-0.39, 0.29) is 11.9 Å². The molecule has 2 heterocycles. The molecular formula is C14H24N6O2. The number of aryl methyl sites for hydroxylation is 1. The molecule has 1 unspecified atom stereocenters. The van der Waals surface area contributed by atoms with Gasteiger partial charge < -0.3 is 20.1 Å². The Kier molecular flexibility index (Phi) is 5.74. The summed E-state index contributed by atoms with van der Waals surface area (Å²) in [5.41, 5.74) is 0. The summed E-state index contributed by atoms with van der Waals surface area (Å²) in [6, 6.07) is 0.228. The number of piperidine rings is 1. The minimum atomic E-state index is 0.199. The van der Waals surface area contributed by atoms with Gasteiger partial charge in [-0.3, -0.25) is 9.79 Å². The fourth-order valence-electron chi connectivity index (χ4n) is 2.35. The molecule has 0 saturated carbocycles. The highest BCUT2D eigenvalue weighted by molar-refractivity contribution is 5.81. The van der Waals surface area contributed by atoms with Crippen molar-refractivity contribution >= 4 is 11.9 Å². The van der Waals surface area contributed by atoms with Crippen LogP contribution < -0.4 is 10.6 Å². The van der Waals surface area contributed by atoms with Crippen molar-refractivity contribution < 1.29 is 9.32 Å². The lowest BCUT2D eigenvalue weighted by molar-refractivity contribution is -0.132. The quantitative estimate of drug-likeness (QED) is 0.585. The molecule has 1 saturated heterocycles. The molecule has 0 radical (unpaired) electrons. The molecule has 1 amide bonds. The second-order valence-corrected chi connectivity index (χ2v) is 5.36. The number of nitrogens with one attached hydrogen (secondary N) is 2. The van der Waals surface area contributed by atoms with E-state index in [1.165, 1.54) is 0 Å². The van der Waals surface area contributed by atoms with Crippen LogP contribution in [0.1, 0.15) is 31.5 Å². The standard InChI is InChI=1S/C14H24N6O2/c1-4-12-18-11(19-22-12)7-8-16-14(15-2)17-10-5-6-13(21)20(3)9-10/h10H,4-9H2,1-3H3,(H2,15,16,17). The van der Waals surface area contributed by atoms with Gasteiger partial charge in [0.15, 0.2) is 11.8 Å². The number of amides is 1. The van der Waals surface area contributed by atoms with Crippen molar-refractivity contribution in [2.45, 2.75) is 38.6 Å². The Bertz CT molecular complexity index is 527. The molecule has 2 N–H and O–H groups in total. The number of hydrogen-bond acceptors (Lipinski definition) is 5. The zero-order chi connectivity index (χ0) is 15.9. The van der Waals surface area contributed by atoms with Gasteiger partial charge in [-0.05, 0) is 6.42 Å². The van der Waals surface area contributed by atoms with Gasteiger partial charge in [0.1, 0.15) is 0 Å². The summed E-state index contributed by atoms with van der Waals surface area (Å²) in [6.45, 7) is 3.35. The Hall–Kier alpha value is -2.12. The van der Waals surface area contributed by atoms with Gasteiger partial charge in [0.05, 0.1) is 0 Å². The molecule has 1 aromatic heterocycles. The van der Waals surface area contributed by atoms with Crippen LogP contribution in [0.2, 0.25) is 0 Å². The molecule has 1 aliphatic rings. The highest BCUT2D eigenvalue weighted by Gasteiger charge is 2.23. The minimum Gasteiger partial charge on any atom is -0.356 e. The highest BCUT2D eigenvalue weighted by atomic mass is 16.5. The van der Waals surface area contributed by atoms with E-state index in [0.717, 1.165) is 18.8 Å². The van der Waals surface area contributed by atoms with Crippen molar-refractivity contribution in [1.29, 1.82) is 0 Å². The number of carbonyl (C=O) groups is 1. The summed E-state index contributed by atoms with van der Waals surface area (Å²) < 4.78 is 5.07. The van der Waals surface area contributed by atoms with Crippen molar-refractivity contribution in [2.75, 3.05) is 27.2 Å². The van der Waals surface area contributed by atoms with Gasteiger partial charge in [0.25, 0.3) is 0 Å². The van der Waals surface area contributed by atoms with Crippen LogP contribution in [0.3, 0.4) is 0 Å². The van der Waals surface area contributed by atoms with Crippen LogP contribution in [-0.2, 0) is 17.6 Å². The molecular weight excluding hydrogens is 284 g/mol. The molecule has 0 aromatic carbocycles. The monoisotopic (exact) mass is 308 g/mol. The third-order valence-corrected chi connectivity index (χ3v) is 3.64. The van der Waals surface area contributed by atoms with Crippen molar-refractivity contribution in [2.24, 2.45) is 4.99 Å². The van der Waals surface area contributed by atoms with E-state index in [1.54, 1.807) is 11.9 Å². The van der Waals surface area contributed by atoms with Crippen molar-refractivity contribution in [3.63, 3.8) is 0 Å². The first kappa shape index (κ1) is 16.3. The summed E-state index contributed by atoms with van der Waals surface area (Å²) in [4.78, 5) is 21.7. The van der Waals surface area contributed by atoms with Crippen molar-refractivity contribution in [3.8, 4) is 0 Å². The number of aromatic nitrogens is 2. The number of aliphatic imine (C=N–C) groups is 1. The maximum atomic E-state index is 11.5. The lowest BCUT2D eigenvalue weighted by Gasteiger charge is -2.31. The van der Waals surface area contributed by atoms with Gasteiger partial charge in [0, 0.05) is 52.5 Å². The van der Waals surface area contributed by atoms with Gasteiger partial charge in [0.2, 0.25) is 11.8 Å². The molecule has 22 heavy (non-hydrogen) atoms. The Morgan fingerprint density at radius 2 is 2.36 bits per heavy atom. The van der Waals surface area contributed by atoms with Crippen LogP contribution in [0, 0.1) is 0 Å². The second kappa shape index (κ2) is 7.77. The van der Waals surface area contributed by atoms with Crippen LogP contribution in [0.25, 0.3) is 0 Å². The molecule has 8 heteroatoms. The first-order chi connectivity index (χ1) is 10.6. The summed E-state index contributed by atoms with van der Waals surface area (Å²) in [7, 11) is 3.56. The number of likely N-dealkylation sites (tertiary alicyclic amines) is 1. The molecule has 0 bridgehead atoms. The van der Waals surface area contributed by atoms with E-state index in [9.17, 15) is 4.79 Å². The number of hydrogen-bond donors (Lipinski definition) is 2. The van der Waals surface area contributed by atoms with E-state index in [4.69, 9.17) is 4.52 Å². The average molecular weight is 308 g/mol. The van der Waals surface area contributed by atoms with E-state index in [1.807, 2.05) is 14.0 Å². The van der Waals surface area contributed by atoms with E-state index < -0.39 is 0 Å². The fourth-order valence-corrected chi connectivity index (χ4v) is 2.35. The molecule has 1 fully saturated rings. The molecule has 8 nitrogen and oxygen atoms in total. The van der Waals surface area contributed by atoms with Crippen LogP contribution in [-0.4, -0.2) is 60.1 Å². The Labute approximate surface area is 130 Å². The number of carbonyl (C=O) groups excluding carboxylic acids is 1. The van der Waals surface area contributed by atoms with Crippen LogP contribution in [0.15, 0.2) is 9.52 Å². The van der Waals surface area contributed by atoms with E-state index in [0.29, 0.717) is 37.6 Å². The van der Waals surface area contributed by atoms with Gasteiger partial charge in [-0.1, -0.05) is 12.1 Å². The van der Waals surface area contributed by atoms with Gasteiger partial charge in [-0.15, -0.1) is 0 Å². The van der Waals surface area contributed by atoms with Gasteiger partial charge in [-0.2, -0.15) is 4.98 Å². The number of likely N-dealkylation sites (N-methyl/N-ethyl adjacent to an activating group) is 1. The number of nitrogens with zero attached hydrogens (tertiary/aromatic N) is 4. The van der Waals surface area contributed by atoms with Crippen LogP contribution in [0.4, 0.5) is 0 Å². The largest absolute Gasteiger partial charge is 0.356 e. The Morgan fingerprint density at radius 1 is 1.55 bits per heavy atom. The third kappa shape index (κ3) is 4.44. The molecule has 1 aromatic rings. The van der Waals surface area contributed by atoms with Gasteiger partial charge in [-0.25, -0.2) is 0 Å². The van der Waals surface area contributed by atoms with E-state index in [2.05, 4.69) is 25.8 Å². The highest BCUT2D eigenvalue weighted by Crippen LogP contribution is 2.09. The SMILES string of the molecule is CCc1nc(CCNC(=NC)NC2CCC(=O)N(C)C2)no1. The van der Waals surface area contributed by atoms with Crippen molar-refractivity contribution in [1.82, 2.24) is 25.7 Å².